The lowest BCUT2D eigenvalue weighted by Gasteiger charge is -2.12. The van der Waals surface area contributed by atoms with Gasteiger partial charge in [-0.1, -0.05) is 12.1 Å². The Bertz CT molecular complexity index is 945. The number of benzene rings is 2. The number of methoxy groups -OCH3 is 2. The SMILES string of the molecule is COc1ccc(OC)c(-c2ccc(NC(=O)Oc3ccncc3F)cc2)c1. The van der Waals surface area contributed by atoms with E-state index >= 15 is 0 Å². The highest BCUT2D eigenvalue weighted by Gasteiger charge is 2.11. The monoisotopic (exact) mass is 368 g/mol. The highest BCUT2D eigenvalue weighted by Crippen LogP contribution is 2.33. The Kier molecular flexibility index (Phi) is 5.51. The molecule has 7 heteroatoms. The molecule has 1 heterocycles. The molecule has 0 spiro atoms. The zero-order valence-electron chi connectivity index (χ0n) is 14.7. The van der Waals surface area contributed by atoms with Crippen molar-refractivity contribution in [2.75, 3.05) is 19.5 Å². The number of hydrogen-bond acceptors (Lipinski definition) is 5. The summed E-state index contributed by atoms with van der Waals surface area (Å²) in [4.78, 5) is 15.5. The van der Waals surface area contributed by atoms with Crippen molar-refractivity contribution in [1.82, 2.24) is 4.98 Å². The first-order chi connectivity index (χ1) is 13.1. The number of carbonyl (C=O) groups is 1. The number of aromatic nitrogens is 1. The minimum absolute atomic E-state index is 0.194. The number of nitrogens with zero attached hydrogens (tertiary/aromatic N) is 1. The van der Waals surface area contributed by atoms with Crippen LogP contribution in [0.15, 0.2) is 60.9 Å². The van der Waals surface area contributed by atoms with Crippen LogP contribution in [0.2, 0.25) is 0 Å². The van der Waals surface area contributed by atoms with Crippen molar-refractivity contribution in [3.8, 4) is 28.4 Å². The van der Waals surface area contributed by atoms with E-state index in [-0.39, 0.29) is 5.75 Å². The number of rotatable bonds is 5. The quantitative estimate of drug-likeness (QED) is 0.717. The van der Waals surface area contributed by atoms with Gasteiger partial charge in [-0.05, 0) is 35.9 Å². The van der Waals surface area contributed by atoms with Gasteiger partial charge in [-0.25, -0.2) is 9.18 Å². The number of anilines is 1. The van der Waals surface area contributed by atoms with Gasteiger partial charge in [0.1, 0.15) is 11.5 Å². The van der Waals surface area contributed by atoms with Crippen LogP contribution in [0.5, 0.6) is 17.2 Å². The molecule has 1 amide bonds. The van der Waals surface area contributed by atoms with Crippen LogP contribution in [-0.2, 0) is 0 Å². The van der Waals surface area contributed by atoms with Crippen LogP contribution in [-0.4, -0.2) is 25.3 Å². The Morgan fingerprint density at radius 2 is 1.78 bits per heavy atom. The molecule has 138 valence electrons. The summed E-state index contributed by atoms with van der Waals surface area (Å²) in [6.45, 7) is 0. The lowest BCUT2D eigenvalue weighted by Crippen LogP contribution is -2.17. The Labute approximate surface area is 155 Å². The van der Waals surface area contributed by atoms with E-state index in [4.69, 9.17) is 14.2 Å². The van der Waals surface area contributed by atoms with Gasteiger partial charge in [0.25, 0.3) is 0 Å². The Morgan fingerprint density at radius 1 is 1.00 bits per heavy atom. The summed E-state index contributed by atoms with van der Waals surface area (Å²) < 4.78 is 29.0. The molecule has 3 aromatic rings. The lowest BCUT2D eigenvalue weighted by atomic mass is 10.0. The zero-order valence-corrected chi connectivity index (χ0v) is 14.7. The van der Waals surface area contributed by atoms with Crippen LogP contribution in [0.25, 0.3) is 11.1 Å². The van der Waals surface area contributed by atoms with Crippen molar-refractivity contribution < 1.29 is 23.4 Å². The molecule has 2 aromatic carbocycles. The first kappa shape index (κ1) is 18.2. The Balaban J connectivity index is 1.74. The van der Waals surface area contributed by atoms with Gasteiger partial charge in [0.05, 0.1) is 20.4 Å². The van der Waals surface area contributed by atoms with Crippen LogP contribution < -0.4 is 19.5 Å². The molecule has 0 saturated heterocycles. The lowest BCUT2D eigenvalue weighted by molar-refractivity contribution is 0.213. The molecule has 0 atom stereocenters. The average molecular weight is 368 g/mol. The number of amides is 1. The van der Waals surface area contributed by atoms with Gasteiger partial charge in [-0.2, -0.15) is 0 Å². The maximum Gasteiger partial charge on any atom is 0.417 e. The molecule has 0 saturated carbocycles. The van der Waals surface area contributed by atoms with Crippen molar-refractivity contribution in [2.45, 2.75) is 0 Å². The molecule has 6 nitrogen and oxygen atoms in total. The second-order valence-electron chi connectivity index (χ2n) is 5.46. The molecule has 3 rings (SSSR count). The summed E-state index contributed by atoms with van der Waals surface area (Å²) in [6, 6.07) is 13.8. The molecule has 0 aliphatic carbocycles. The summed E-state index contributed by atoms with van der Waals surface area (Å²) in [5.74, 6) is 0.494. The maximum absolute atomic E-state index is 13.5. The minimum atomic E-state index is -0.799. The van der Waals surface area contributed by atoms with Crippen LogP contribution in [0, 0.1) is 5.82 Å². The molecule has 0 radical (unpaired) electrons. The average Bonchev–Trinajstić information content (AvgIpc) is 2.70. The molecule has 0 aliphatic rings. The standard InChI is InChI=1S/C20H17FN2O4/c1-25-15-7-8-18(26-2)16(11-15)13-3-5-14(6-4-13)23-20(24)27-19-9-10-22-12-17(19)21/h3-12H,1-2H3,(H,23,24). The fourth-order valence-corrected chi connectivity index (χ4v) is 2.46. The summed E-state index contributed by atoms with van der Waals surface area (Å²) in [6.07, 6.45) is 1.51. The predicted octanol–water partition coefficient (Wildman–Crippen LogP) is 4.52. The number of halogens is 1. The second-order valence-corrected chi connectivity index (χ2v) is 5.46. The van der Waals surface area contributed by atoms with Crippen molar-refractivity contribution >= 4 is 11.8 Å². The number of ether oxygens (including phenoxy) is 3. The van der Waals surface area contributed by atoms with E-state index in [1.54, 1.807) is 26.4 Å². The molecular formula is C20H17FN2O4. The summed E-state index contributed by atoms with van der Waals surface area (Å²) in [5, 5.41) is 2.54. The van der Waals surface area contributed by atoms with Gasteiger partial charge < -0.3 is 14.2 Å². The van der Waals surface area contributed by atoms with Gasteiger partial charge >= 0.3 is 6.09 Å². The normalized spacial score (nSPS) is 10.2. The molecule has 0 aliphatic heterocycles. The molecular weight excluding hydrogens is 351 g/mol. The minimum Gasteiger partial charge on any atom is -0.497 e. The molecule has 0 bridgehead atoms. The van der Waals surface area contributed by atoms with E-state index in [9.17, 15) is 9.18 Å². The van der Waals surface area contributed by atoms with Crippen molar-refractivity contribution in [3.05, 3.63) is 66.7 Å². The third-order valence-corrected chi connectivity index (χ3v) is 3.79. The van der Waals surface area contributed by atoms with Gasteiger partial charge in [0, 0.05) is 23.5 Å². The van der Waals surface area contributed by atoms with Crippen LogP contribution in [0.1, 0.15) is 0 Å². The van der Waals surface area contributed by atoms with Gasteiger partial charge in [0.15, 0.2) is 11.6 Å². The Morgan fingerprint density at radius 3 is 2.44 bits per heavy atom. The van der Waals surface area contributed by atoms with Gasteiger partial charge in [0.2, 0.25) is 0 Å². The number of nitrogens with one attached hydrogen (secondary N) is 1. The predicted molar refractivity (Wildman–Crippen MR) is 98.8 cm³/mol. The van der Waals surface area contributed by atoms with E-state index in [2.05, 4.69) is 10.3 Å². The topological polar surface area (TPSA) is 69.7 Å². The number of hydrogen-bond donors (Lipinski definition) is 1. The first-order valence-corrected chi connectivity index (χ1v) is 8.01. The zero-order chi connectivity index (χ0) is 19.2. The fourth-order valence-electron chi connectivity index (χ4n) is 2.46. The van der Waals surface area contributed by atoms with Crippen molar-refractivity contribution in [1.29, 1.82) is 0 Å². The Hall–Kier alpha value is -3.61. The first-order valence-electron chi connectivity index (χ1n) is 8.01. The summed E-state index contributed by atoms with van der Waals surface area (Å²) in [5.41, 5.74) is 2.23. The molecule has 0 unspecified atom stereocenters. The van der Waals surface area contributed by atoms with Crippen LogP contribution in [0.4, 0.5) is 14.9 Å². The van der Waals surface area contributed by atoms with E-state index in [0.717, 1.165) is 17.3 Å². The number of carbonyl (C=O) groups excluding carboxylic acids is 1. The largest absolute Gasteiger partial charge is 0.497 e. The summed E-state index contributed by atoms with van der Waals surface area (Å²) in [7, 11) is 3.19. The molecule has 1 N–H and O–H groups in total. The van der Waals surface area contributed by atoms with Gasteiger partial charge in [-0.3, -0.25) is 10.3 Å². The van der Waals surface area contributed by atoms with Crippen molar-refractivity contribution in [3.63, 3.8) is 0 Å². The molecule has 1 aromatic heterocycles. The highest BCUT2D eigenvalue weighted by molar-refractivity contribution is 5.87. The van der Waals surface area contributed by atoms with E-state index in [1.165, 1.54) is 12.3 Å². The van der Waals surface area contributed by atoms with Crippen LogP contribution >= 0.6 is 0 Å². The number of pyridine rings is 1. The maximum atomic E-state index is 13.5. The van der Waals surface area contributed by atoms with Gasteiger partial charge in [-0.15, -0.1) is 0 Å². The van der Waals surface area contributed by atoms with E-state index in [0.29, 0.717) is 17.2 Å². The smallest absolute Gasteiger partial charge is 0.417 e. The third kappa shape index (κ3) is 4.33. The molecule has 0 fully saturated rings. The van der Waals surface area contributed by atoms with Crippen molar-refractivity contribution in [2.24, 2.45) is 0 Å². The second kappa shape index (κ2) is 8.18. The van der Waals surface area contributed by atoms with Crippen LogP contribution in [0.3, 0.4) is 0 Å². The molecule has 27 heavy (non-hydrogen) atoms. The summed E-state index contributed by atoms with van der Waals surface area (Å²) >= 11 is 0. The third-order valence-electron chi connectivity index (χ3n) is 3.79. The van der Waals surface area contributed by atoms with E-state index in [1.807, 2.05) is 30.3 Å². The fraction of sp³-hybridized carbons (Fsp3) is 0.100. The highest BCUT2D eigenvalue weighted by atomic mass is 19.1. The van der Waals surface area contributed by atoms with E-state index < -0.39 is 11.9 Å².